The zero-order valence-corrected chi connectivity index (χ0v) is 14.9. The molecule has 2 saturated carbocycles. The Morgan fingerprint density at radius 3 is 1.90 bits per heavy atom. The van der Waals surface area contributed by atoms with E-state index in [1.54, 1.807) is 0 Å². The number of hydrogen-bond donors (Lipinski definition) is 1. The van der Waals surface area contributed by atoms with Crippen LogP contribution in [-0.4, -0.2) is 12.1 Å². The Kier molecular flexibility index (Phi) is 4.60. The number of nitrogens with one attached hydrogen (secondary N) is 1. The van der Waals surface area contributed by atoms with Crippen molar-refractivity contribution in [3.8, 4) is 0 Å². The van der Waals surface area contributed by atoms with Crippen molar-refractivity contribution in [1.29, 1.82) is 0 Å². The van der Waals surface area contributed by atoms with Gasteiger partial charge in [-0.15, -0.1) is 0 Å². The third-order valence-electron chi connectivity index (χ3n) is 6.74. The second-order valence-corrected chi connectivity index (χ2v) is 9.29. The fourth-order valence-corrected chi connectivity index (χ4v) is 5.11. The molecule has 3 unspecified atom stereocenters. The van der Waals surface area contributed by atoms with Crippen LogP contribution in [0.15, 0.2) is 0 Å². The molecular formula is C19H37N. The summed E-state index contributed by atoms with van der Waals surface area (Å²) in [5, 5.41) is 4.11. The standard InChI is InChI=1S/C19H37N/c1-13(2)10-16(11-14(3)4)20-17-12-15-8-9-19(17,7)18(15,5)6/h13-17,20H,8-12H2,1-7H3. The van der Waals surface area contributed by atoms with Crippen LogP contribution in [0.2, 0.25) is 0 Å². The highest BCUT2D eigenvalue weighted by Crippen LogP contribution is 2.65. The Morgan fingerprint density at radius 2 is 1.55 bits per heavy atom. The first-order valence-electron chi connectivity index (χ1n) is 8.93. The van der Waals surface area contributed by atoms with E-state index >= 15 is 0 Å². The second kappa shape index (κ2) is 5.63. The van der Waals surface area contributed by atoms with Gasteiger partial charge in [-0.25, -0.2) is 0 Å². The molecule has 0 aromatic rings. The van der Waals surface area contributed by atoms with Crippen molar-refractivity contribution in [1.82, 2.24) is 5.32 Å². The summed E-state index contributed by atoms with van der Waals surface area (Å²) in [7, 11) is 0. The van der Waals surface area contributed by atoms with Crippen molar-refractivity contribution >= 4 is 0 Å². The average molecular weight is 280 g/mol. The maximum atomic E-state index is 4.11. The molecule has 2 rings (SSSR count). The highest BCUT2D eigenvalue weighted by Gasteiger charge is 2.61. The average Bonchev–Trinajstić information content (AvgIpc) is 2.60. The van der Waals surface area contributed by atoms with Crippen LogP contribution in [0, 0.1) is 28.6 Å². The van der Waals surface area contributed by atoms with Crippen molar-refractivity contribution in [2.24, 2.45) is 28.6 Å². The van der Waals surface area contributed by atoms with Gasteiger partial charge >= 0.3 is 0 Å². The fourth-order valence-electron chi connectivity index (χ4n) is 5.11. The molecule has 1 nitrogen and oxygen atoms in total. The molecule has 0 heterocycles. The Labute approximate surface area is 127 Å². The van der Waals surface area contributed by atoms with Crippen LogP contribution in [0.5, 0.6) is 0 Å². The zero-order valence-electron chi connectivity index (χ0n) is 14.9. The first-order chi connectivity index (χ1) is 9.16. The van der Waals surface area contributed by atoms with Crippen LogP contribution in [-0.2, 0) is 0 Å². The molecule has 2 fully saturated rings. The summed E-state index contributed by atoms with van der Waals surface area (Å²) in [6.45, 7) is 17.0. The van der Waals surface area contributed by atoms with Gasteiger partial charge in [0.15, 0.2) is 0 Å². The highest BCUT2D eigenvalue weighted by molar-refractivity contribution is 5.13. The Bertz CT molecular complexity index is 321. The van der Waals surface area contributed by atoms with Crippen molar-refractivity contribution < 1.29 is 0 Å². The van der Waals surface area contributed by atoms with Gasteiger partial charge < -0.3 is 5.32 Å². The Morgan fingerprint density at radius 1 is 1.00 bits per heavy atom. The molecule has 0 spiro atoms. The van der Waals surface area contributed by atoms with E-state index in [1.165, 1.54) is 32.1 Å². The second-order valence-electron chi connectivity index (χ2n) is 9.29. The summed E-state index contributed by atoms with van der Waals surface area (Å²) < 4.78 is 0. The Hall–Kier alpha value is -0.0400. The molecule has 1 N–H and O–H groups in total. The van der Waals surface area contributed by atoms with Crippen LogP contribution in [0.3, 0.4) is 0 Å². The highest BCUT2D eigenvalue weighted by atomic mass is 15.0. The van der Waals surface area contributed by atoms with Gasteiger partial charge in [-0.1, -0.05) is 48.5 Å². The van der Waals surface area contributed by atoms with E-state index in [9.17, 15) is 0 Å². The maximum Gasteiger partial charge on any atom is 0.0131 e. The first kappa shape index (κ1) is 16.3. The number of rotatable bonds is 6. The third kappa shape index (κ3) is 2.80. The monoisotopic (exact) mass is 279 g/mol. The molecule has 20 heavy (non-hydrogen) atoms. The molecule has 0 aromatic carbocycles. The molecule has 2 aliphatic carbocycles. The number of hydrogen-bond acceptors (Lipinski definition) is 1. The lowest BCUT2D eigenvalue weighted by molar-refractivity contribution is 0.111. The van der Waals surface area contributed by atoms with E-state index < -0.39 is 0 Å². The minimum atomic E-state index is 0.518. The summed E-state index contributed by atoms with van der Waals surface area (Å²) >= 11 is 0. The number of fused-ring (bicyclic) bond motifs is 2. The lowest BCUT2D eigenvalue weighted by atomic mass is 9.69. The largest absolute Gasteiger partial charge is 0.311 e. The van der Waals surface area contributed by atoms with Crippen molar-refractivity contribution in [3.05, 3.63) is 0 Å². The van der Waals surface area contributed by atoms with E-state index in [4.69, 9.17) is 0 Å². The summed E-state index contributed by atoms with van der Waals surface area (Å²) in [6.07, 6.45) is 6.96. The zero-order chi connectivity index (χ0) is 15.1. The summed E-state index contributed by atoms with van der Waals surface area (Å²) in [5.74, 6) is 2.54. The lowest BCUT2D eigenvalue weighted by Crippen LogP contribution is -2.49. The molecule has 2 bridgehead atoms. The molecule has 0 aromatic heterocycles. The molecule has 2 aliphatic rings. The maximum absolute atomic E-state index is 4.11. The Balaban J connectivity index is 2.04. The van der Waals surface area contributed by atoms with Crippen LogP contribution in [0.1, 0.15) is 80.6 Å². The van der Waals surface area contributed by atoms with Gasteiger partial charge in [0, 0.05) is 12.1 Å². The van der Waals surface area contributed by atoms with Crippen molar-refractivity contribution in [2.75, 3.05) is 0 Å². The predicted molar refractivity (Wildman–Crippen MR) is 88.9 cm³/mol. The summed E-state index contributed by atoms with van der Waals surface area (Å²) in [5.41, 5.74) is 1.05. The molecule has 118 valence electrons. The first-order valence-corrected chi connectivity index (χ1v) is 8.93. The molecule has 0 saturated heterocycles. The topological polar surface area (TPSA) is 12.0 Å². The minimum absolute atomic E-state index is 0.518. The predicted octanol–water partition coefficient (Wildman–Crippen LogP) is 5.25. The molecular weight excluding hydrogens is 242 g/mol. The van der Waals surface area contributed by atoms with Gasteiger partial charge in [0.25, 0.3) is 0 Å². The van der Waals surface area contributed by atoms with Gasteiger partial charge in [-0.3, -0.25) is 0 Å². The van der Waals surface area contributed by atoms with Crippen LogP contribution in [0.4, 0.5) is 0 Å². The van der Waals surface area contributed by atoms with Crippen LogP contribution in [0.25, 0.3) is 0 Å². The van der Waals surface area contributed by atoms with Crippen molar-refractivity contribution in [2.45, 2.75) is 92.7 Å². The molecule has 1 heteroatoms. The van der Waals surface area contributed by atoms with E-state index in [-0.39, 0.29) is 0 Å². The third-order valence-corrected chi connectivity index (χ3v) is 6.74. The van der Waals surface area contributed by atoms with Gasteiger partial charge in [-0.05, 0) is 60.7 Å². The normalized spacial score (nSPS) is 35.7. The van der Waals surface area contributed by atoms with Gasteiger partial charge in [0.05, 0.1) is 0 Å². The van der Waals surface area contributed by atoms with Gasteiger partial charge in [0.1, 0.15) is 0 Å². The molecule has 0 aliphatic heterocycles. The molecule has 0 radical (unpaired) electrons. The lowest BCUT2D eigenvalue weighted by Gasteiger charge is -2.41. The van der Waals surface area contributed by atoms with Crippen LogP contribution >= 0.6 is 0 Å². The molecule has 0 amide bonds. The van der Waals surface area contributed by atoms with Gasteiger partial charge in [0.2, 0.25) is 0 Å². The van der Waals surface area contributed by atoms with Crippen LogP contribution < -0.4 is 5.32 Å². The van der Waals surface area contributed by atoms with E-state index in [2.05, 4.69) is 53.8 Å². The fraction of sp³-hybridized carbons (Fsp3) is 1.00. The summed E-state index contributed by atoms with van der Waals surface area (Å²) in [6, 6.07) is 1.46. The minimum Gasteiger partial charge on any atom is -0.311 e. The van der Waals surface area contributed by atoms with Gasteiger partial charge in [-0.2, -0.15) is 0 Å². The smallest absolute Gasteiger partial charge is 0.0131 e. The van der Waals surface area contributed by atoms with E-state index in [0.717, 1.165) is 23.8 Å². The van der Waals surface area contributed by atoms with E-state index in [0.29, 0.717) is 16.9 Å². The summed E-state index contributed by atoms with van der Waals surface area (Å²) in [4.78, 5) is 0. The van der Waals surface area contributed by atoms with Crippen molar-refractivity contribution in [3.63, 3.8) is 0 Å². The SMILES string of the molecule is CC(C)CC(CC(C)C)NC1CC2CCC1(C)C2(C)C. The quantitative estimate of drug-likeness (QED) is 0.700. The molecule has 3 atom stereocenters. The van der Waals surface area contributed by atoms with E-state index in [1.807, 2.05) is 0 Å².